The molecule has 2 unspecified atom stereocenters. The van der Waals surface area contributed by atoms with Crippen molar-refractivity contribution in [3.63, 3.8) is 0 Å². The van der Waals surface area contributed by atoms with Crippen molar-refractivity contribution >= 4 is 41.1 Å². The number of halogens is 3. The van der Waals surface area contributed by atoms with Gasteiger partial charge in [0.1, 0.15) is 0 Å². The molecule has 2 atom stereocenters. The van der Waals surface area contributed by atoms with Gasteiger partial charge in [-0.15, -0.1) is 11.8 Å². The molecule has 1 saturated heterocycles. The summed E-state index contributed by atoms with van der Waals surface area (Å²) in [5, 5.41) is 12.1. The van der Waals surface area contributed by atoms with Crippen LogP contribution in [-0.4, -0.2) is 47.3 Å². The summed E-state index contributed by atoms with van der Waals surface area (Å²) in [4.78, 5) is 25.5. The number of thioether (sulfide) groups is 1. The number of carboxylic acids is 1. The van der Waals surface area contributed by atoms with E-state index >= 15 is 0 Å². The van der Waals surface area contributed by atoms with Crippen LogP contribution >= 0.6 is 23.4 Å². The molecule has 25 heavy (non-hydrogen) atoms. The van der Waals surface area contributed by atoms with Crippen molar-refractivity contribution in [1.82, 2.24) is 4.90 Å². The third kappa shape index (κ3) is 5.47. The lowest BCUT2D eigenvalue weighted by Gasteiger charge is -2.34. The third-order valence-electron chi connectivity index (χ3n) is 3.86. The first-order valence-corrected chi connectivity index (χ1v) is 9.12. The van der Waals surface area contributed by atoms with Crippen molar-refractivity contribution in [1.29, 1.82) is 0 Å². The van der Waals surface area contributed by atoms with Crippen molar-refractivity contribution in [2.45, 2.75) is 24.7 Å². The Labute approximate surface area is 153 Å². The van der Waals surface area contributed by atoms with E-state index in [-0.39, 0.29) is 17.5 Å². The molecule has 2 amide bonds. The minimum atomic E-state index is -2.50. The summed E-state index contributed by atoms with van der Waals surface area (Å²) < 4.78 is 25.0. The molecule has 1 aliphatic heterocycles. The van der Waals surface area contributed by atoms with Crippen LogP contribution in [0.5, 0.6) is 0 Å². The Morgan fingerprint density at radius 3 is 2.80 bits per heavy atom. The Balaban J connectivity index is 2.12. The number of carbonyl (C=O) groups is 2. The molecule has 1 aromatic carbocycles. The zero-order valence-corrected chi connectivity index (χ0v) is 15.1. The Kier molecular flexibility index (Phi) is 6.89. The number of nitrogens with zero attached hydrogens (tertiary/aromatic N) is 1. The number of benzene rings is 1. The van der Waals surface area contributed by atoms with Gasteiger partial charge in [0.25, 0.3) is 0 Å². The number of amides is 2. The van der Waals surface area contributed by atoms with E-state index in [2.05, 4.69) is 5.32 Å². The van der Waals surface area contributed by atoms with Gasteiger partial charge in [-0.25, -0.2) is 13.6 Å². The molecule has 1 aliphatic rings. The van der Waals surface area contributed by atoms with Gasteiger partial charge < -0.3 is 15.3 Å². The van der Waals surface area contributed by atoms with E-state index in [4.69, 9.17) is 11.6 Å². The number of nitrogens with one attached hydrogen (secondary N) is 1. The van der Waals surface area contributed by atoms with Crippen molar-refractivity contribution in [3.05, 3.63) is 23.2 Å². The number of hydrogen-bond donors (Lipinski definition) is 2. The number of rotatable bonds is 5. The van der Waals surface area contributed by atoms with E-state index in [0.29, 0.717) is 23.5 Å². The molecule has 5 nitrogen and oxygen atoms in total. The van der Waals surface area contributed by atoms with E-state index in [1.54, 1.807) is 18.2 Å². The highest BCUT2D eigenvalue weighted by molar-refractivity contribution is 7.99. The second-order valence-electron chi connectivity index (χ2n) is 6.03. The minimum absolute atomic E-state index is 0.0626. The summed E-state index contributed by atoms with van der Waals surface area (Å²) >= 11 is 6.93. The first-order chi connectivity index (χ1) is 11.8. The molecule has 0 aromatic heterocycles. The average Bonchev–Trinajstić information content (AvgIpc) is 2.53. The first kappa shape index (κ1) is 19.8. The molecule has 2 rings (SSSR count). The molecule has 0 saturated carbocycles. The largest absolute Gasteiger partial charge is 0.481 e. The predicted molar refractivity (Wildman–Crippen MR) is 93.7 cm³/mol. The molecular formula is C16H19ClF2N2O3S. The number of likely N-dealkylation sites (tertiary alicyclic amines) is 1. The lowest BCUT2D eigenvalue weighted by Crippen LogP contribution is -2.47. The van der Waals surface area contributed by atoms with E-state index in [1.165, 1.54) is 4.90 Å². The number of anilines is 1. The van der Waals surface area contributed by atoms with Crippen LogP contribution < -0.4 is 5.32 Å². The third-order valence-corrected chi connectivity index (χ3v) is 5.43. The molecule has 9 heteroatoms. The van der Waals surface area contributed by atoms with Gasteiger partial charge in [0.2, 0.25) is 6.43 Å². The van der Waals surface area contributed by atoms with Gasteiger partial charge in [0.15, 0.2) is 0 Å². The molecule has 1 aromatic rings. The number of carbonyl (C=O) groups excluding carboxylic acids is 1. The highest BCUT2D eigenvalue weighted by Crippen LogP contribution is 2.35. The van der Waals surface area contributed by atoms with Crippen LogP contribution in [0.4, 0.5) is 19.3 Å². The smallest absolute Gasteiger partial charge is 0.321 e. The molecule has 0 spiro atoms. The van der Waals surface area contributed by atoms with E-state index in [0.717, 1.165) is 11.8 Å². The maximum absolute atomic E-state index is 12.5. The topological polar surface area (TPSA) is 69.6 Å². The van der Waals surface area contributed by atoms with E-state index in [9.17, 15) is 23.5 Å². The zero-order valence-electron chi connectivity index (χ0n) is 13.5. The van der Waals surface area contributed by atoms with Crippen LogP contribution in [0.3, 0.4) is 0 Å². The second kappa shape index (κ2) is 8.71. The summed E-state index contributed by atoms with van der Waals surface area (Å²) in [7, 11) is 0. The van der Waals surface area contributed by atoms with Crippen molar-refractivity contribution in [2.75, 3.05) is 24.2 Å². The molecule has 0 radical (unpaired) electrons. The summed E-state index contributed by atoms with van der Waals surface area (Å²) in [5.41, 5.74) is 0.341. The molecule has 1 heterocycles. The van der Waals surface area contributed by atoms with Crippen LogP contribution in [0.15, 0.2) is 23.1 Å². The molecule has 0 aliphatic carbocycles. The minimum Gasteiger partial charge on any atom is -0.481 e. The lowest BCUT2D eigenvalue weighted by atomic mass is 9.91. The maximum Gasteiger partial charge on any atom is 0.321 e. The van der Waals surface area contributed by atoms with Gasteiger partial charge in [0, 0.05) is 18.0 Å². The highest BCUT2D eigenvalue weighted by atomic mass is 35.5. The van der Waals surface area contributed by atoms with Crippen LogP contribution in [0, 0.1) is 11.8 Å². The quantitative estimate of drug-likeness (QED) is 0.734. The fourth-order valence-electron chi connectivity index (χ4n) is 2.79. The fraction of sp³-hybridized carbons (Fsp3) is 0.500. The van der Waals surface area contributed by atoms with Crippen molar-refractivity contribution in [2.24, 2.45) is 11.8 Å². The summed E-state index contributed by atoms with van der Waals surface area (Å²) in [6.45, 7) is 2.44. The van der Waals surface area contributed by atoms with E-state index < -0.39 is 30.1 Å². The average molecular weight is 393 g/mol. The van der Waals surface area contributed by atoms with Gasteiger partial charge in [-0.3, -0.25) is 4.79 Å². The summed E-state index contributed by atoms with van der Waals surface area (Å²) in [6.07, 6.45) is -1.98. The molecule has 1 fully saturated rings. The Morgan fingerprint density at radius 1 is 1.44 bits per heavy atom. The molecule has 138 valence electrons. The van der Waals surface area contributed by atoms with Gasteiger partial charge >= 0.3 is 12.0 Å². The Hall–Kier alpha value is -1.54. The number of urea groups is 1. The number of carboxylic acid groups (broad SMARTS) is 1. The van der Waals surface area contributed by atoms with Gasteiger partial charge in [0.05, 0.1) is 22.4 Å². The maximum atomic E-state index is 12.5. The van der Waals surface area contributed by atoms with Crippen molar-refractivity contribution in [3.8, 4) is 0 Å². The second-order valence-corrected chi connectivity index (χ2v) is 7.47. The van der Waals surface area contributed by atoms with Gasteiger partial charge in [-0.1, -0.05) is 24.6 Å². The number of alkyl halides is 2. The number of aliphatic carboxylic acids is 1. The zero-order chi connectivity index (χ0) is 18.6. The monoisotopic (exact) mass is 392 g/mol. The molecule has 0 bridgehead atoms. The standard InChI is InChI=1S/C16H19ClF2N2O3S/c1-9-5-10(15(22)23)7-21(6-9)16(24)20-12-4-2-3-11(17)14(12)25-8-13(18)19/h2-4,9-10,13H,5-8H2,1H3,(H,20,24)(H,22,23). The molecule has 2 N–H and O–H groups in total. The first-order valence-electron chi connectivity index (χ1n) is 7.76. The Morgan fingerprint density at radius 2 is 2.16 bits per heavy atom. The van der Waals surface area contributed by atoms with E-state index in [1.807, 2.05) is 6.92 Å². The van der Waals surface area contributed by atoms with Crippen molar-refractivity contribution < 1.29 is 23.5 Å². The lowest BCUT2D eigenvalue weighted by molar-refractivity contribution is -0.143. The SMILES string of the molecule is CC1CC(C(=O)O)CN(C(=O)Nc2cccc(Cl)c2SCC(F)F)C1. The van der Waals surface area contributed by atoms with Gasteiger partial charge in [-0.05, 0) is 24.5 Å². The fourth-order valence-corrected chi connectivity index (χ4v) is 3.90. The molecular weight excluding hydrogens is 374 g/mol. The normalized spacial score (nSPS) is 20.6. The number of hydrogen-bond acceptors (Lipinski definition) is 3. The van der Waals surface area contributed by atoms with Gasteiger partial charge in [-0.2, -0.15) is 0 Å². The number of piperidine rings is 1. The van der Waals surface area contributed by atoms with Crippen LogP contribution in [-0.2, 0) is 4.79 Å². The summed E-state index contributed by atoms with van der Waals surface area (Å²) in [5.74, 6) is -1.91. The predicted octanol–water partition coefficient (Wildman–Crippen LogP) is 4.27. The van der Waals surface area contributed by atoms with Crippen LogP contribution in [0.1, 0.15) is 13.3 Å². The van der Waals surface area contributed by atoms with Crippen LogP contribution in [0.2, 0.25) is 5.02 Å². The van der Waals surface area contributed by atoms with Crippen LogP contribution in [0.25, 0.3) is 0 Å². The highest BCUT2D eigenvalue weighted by Gasteiger charge is 2.32. The Bertz CT molecular complexity index is 648. The summed E-state index contributed by atoms with van der Waals surface area (Å²) in [6, 6.07) is 4.30.